The van der Waals surface area contributed by atoms with Crippen molar-refractivity contribution in [2.45, 2.75) is 19.9 Å². The Kier molecular flexibility index (Phi) is 4.01. The molecule has 2 heterocycles. The summed E-state index contributed by atoms with van der Waals surface area (Å²) in [5.41, 5.74) is 3.49. The fourth-order valence-electron chi connectivity index (χ4n) is 2.99. The third-order valence-corrected chi connectivity index (χ3v) is 4.47. The second-order valence-corrected chi connectivity index (χ2v) is 6.18. The molecule has 0 saturated heterocycles. The number of hydrogen-bond acceptors (Lipinski definition) is 4. The molecular weight excluding hydrogens is 328 g/mol. The van der Waals surface area contributed by atoms with Gasteiger partial charge in [0.1, 0.15) is 18.2 Å². The molecule has 0 aliphatic rings. The summed E-state index contributed by atoms with van der Waals surface area (Å²) in [5.74, 6) is 0.142. The lowest BCUT2D eigenvalue weighted by Gasteiger charge is -2.14. The molecule has 0 saturated carbocycles. The van der Waals surface area contributed by atoms with Crippen LogP contribution in [0.15, 0.2) is 65.6 Å². The number of aryl methyl sites for hydroxylation is 1. The van der Waals surface area contributed by atoms with Gasteiger partial charge in [0.2, 0.25) is 0 Å². The van der Waals surface area contributed by atoms with E-state index in [9.17, 15) is 4.79 Å². The van der Waals surface area contributed by atoms with Crippen molar-refractivity contribution in [3.8, 4) is 5.69 Å². The van der Waals surface area contributed by atoms with Crippen LogP contribution in [0.3, 0.4) is 0 Å². The van der Waals surface area contributed by atoms with Crippen LogP contribution in [0.4, 0.5) is 0 Å². The quantitative estimate of drug-likeness (QED) is 0.610. The van der Waals surface area contributed by atoms with E-state index < -0.39 is 0 Å². The van der Waals surface area contributed by atoms with Crippen molar-refractivity contribution in [3.05, 3.63) is 78.1 Å². The number of aromatic nitrogens is 3. The van der Waals surface area contributed by atoms with Crippen LogP contribution in [-0.4, -0.2) is 20.7 Å². The highest BCUT2D eigenvalue weighted by atomic mass is 16.3. The summed E-state index contributed by atoms with van der Waals surface area (Å²) in [5, 5.41) is 8.06. The average molecular weight is 346 g/mol. The van der Waals surface area contributed by atoms with Crippen molar-refractivity contribution in [2.75, 3.05) is 0 Å². The van der Waals surface area contributed by atoms with Crippen molar-refractivity contribution in [2.24, 2.45) is 0 Å². The SMILES string of the molecule is Cc1c(C(=O)N[C@H](C)c2ccc(-n3cncn3)cc2)oc2ccccc12. The zero-order valence-electron chi connectivity index (χ0n) is 14.5. The Labute approximate surface area is 150 Å². The van der Waals surface area contributed by atoms with Crippen molar-refractivity contribution in [3.63, 3.8) is 0 Å². The van der Waals surface area contributed by atoms with Gasteiger partial charge in [0.05, 0.1) is 11.7 Å². The molecule has 0 aliphatic carbocycles. The Morgan fingerprint density at radius 2 is 1.92 bits per heavy atom. The predicted molar refractivity (Wildman–Crippen MR) is 98.2 cm³/mol. The minimum Gasteiger partial charge on any atom is -0.451 e. The van der Waals surface area contributed by atoms with Gasteiger partial charge in [0, 0.05) is 10.9 Å². The van der Waals surface area contributed by atoms with Crippen LogP contribution >= 0.6 is 0 Å². The monoisotopic (exact) mass is 346 g/mol. The molecule has 0 radical (unpaired) electrons. The van der Waals surface area contributed by atoms with Crippen molar-refractivity contribution >= 4 is 16.9 Å². The second-order valence-electron chi connectivity index (χ2n) is 6.18. The van der Waals surface area contributed by atoms with Crippen molar-refractivity contribution in [1.82, 2.24) is 20.1 Å². The third kappa shape index (κ3) is 2.86. The standard InChI is InChI=1S/C20H18N4O2/c1-13-17-5-3-4-6-18(17)26-19(13)20(25)23-14(2)15-7-9-16(10-8-15)24-12-21-11-22-24/h3-12,14H,1-2H3,(H,23,25)/t14-/m1/s1. The smallest absolute Gasteiger partial charge is 0.287 e. The summed E-state index contributed by atoms with van der Waals surface area (Å²) in [7, 11) is 0. The Bertz CT molecular complexity index is 1050. The molecule has 6 nitrogen and oxygen atoms in total. The van der Waals surface area contributed by atoms with Gasteiger partial charge in [0.25, 0.3) is 5.91 Å². The Morgan fingerprint density at radius 1 is 1.15 bits per heavy atom. The van der Waals surface area contributed by atoms with Crippen molar-refractivity contribution < 1.29 is 9.21 Å². The first kappa shape index (κ1) is 16.1. The van der Waals surface area contributed by atoms with E-state index in [4.69, 9.17) is 4.42 Å². The van der Waals surface area contributed by atoms with Crippen LogP contribution < -0.4 is 5.32 Å². The van der Waals surface area contributed by atoms with Gasteiger partial charge in [-0.15, -0.1) is 0 Å². The number of benzene rings is 2. The van der Waals surface area contributed by atoms with Gasteiger partial charge < -0.3 is 9.73 Å². The molecule has 4 aromatic rings. The number of carbonyl (C=O) groups excluding carboxylic acids is 1. The lowest BCUT2D eigenvalue weighted by molar-refractivity contribution is 0.0913. The number of amides is 1. The maximum absolute atomic E-state index is 12.6. The van der Waals surface area contributed by atoms with Crippen LogP contribution in [0.2, 0.25) is 0 Å². The van der Waals surface area contributed by atoms with Crippen LogP contribution in [0.25, 0.3) is 16.7 Å². The number of nitrogens with zero attached hydrogens (tertiary/aromatic N) is 3. The second kappa shape index (κ2) is 6.48. The number of nitrogens with one attached hydrogen (secondary N) is 1. The third-order valence-electron chi connectivity index (χ3n) is 4.47. The summed E-state index contributed by atoms with van der Waals surface area (Å²) in [4.78, 5) is 16.6. The van der Waals surface area contributed by atoms with Crippen molar-refractivity contribution in [1.29, 1.82) is 0 Å². The fourth-order valence-corrected chi connectivity index (χ4v) is 2.99. The number of para-hydroxylation sites is 1. The summed E-state index contributed by atoms with van der Waals surface area (Å²) >= 11 is 0. The Hall–Kier alpha value is -3.41. The van der Waals surface area contributed by atoms with E-state index in [0.29, 0.717) is 5.76 Å². The lowest BCUT2D eigenvalue weighted by Crippen LogP contribution is -2.26. The van der Waals surface area contributed by atoms with E-state index >= 15 is 0 Å². The van der Waals surface area contributed by atoms with E-state index in [2.05, 4.69) is 15.4 Å². The number of fused-ring (bicyclic) bond motifs is 1. The average Bonchev–Trinajstić information content (AvgIpc) is 3.31. The van der Waals surface area contributed by atoms with E-state index in [1.807, 2.05) is 62.4 Å². The van der Waals surface area contributed by atoms with Crippen LogP contribution in [-0.2, 0) is 0 Å². The molecule has 1 atom stereocenters. The van der Waals surface area contributed by atoms with Gasteiger partial charge in [-0.1, -0.05) is 30.3 Å². The number of furan rings is 1. The van der Waals surface area contributed by atoms with Crippen LogP contribution in [0, 0.1) is 6.92 Å². The topological polar surface area (TPSA) is 73.0 Å². The molecule has 4 rings (SSSR count). The minimum atomic E-state index is -0.216. The molecule has 26 heavy (non-hydrogen) atoms. The first-order valence-corrected chi connectivity index (χ1v) is 8.37. The first-order valence-electron chi connectivity index (χ1n) is 8.37. The molecule has 2 aromatic heterocycles. The molecule has 1 amide bonds. The maximum atomic E-state index is 12.6. The number of carbonyl (C=O) groups is 1. The van der Waals surface area contributed by atoms with Gasteiger partial charge >= 0.3 is 0 Å². The maximum Gasteiger partial charge on any atom is 0.287 e. The first-order chi connectivity index (χ1) is 12.6. The van der Waals surface area contributed by atoms with E-state index in [0.717, 1.165) is 27.8 Å². The highest BCUT2D eigenvalue weighted by Crippen LogP contribution is 2.25. The van der Waals surface area contributed by atoms with Gasteiger partial charge in [-0.3, -0.25) is 4.79 Å². The Morgan fingerprint density at radius 3 is 2.62 bits per heavy atom. The lowest BCUT2D eigenvalue weighted by atomic mass is 10.1. The largest absolute Gasteiger partial charge is 0.451 e. The van der Waals surface area contributed by atoms with Gasteiger partial charge in [0.15, 0.2) is 5.76 Å². The van der Waals surface area contributed by atoms with Gasteiger partial charge in [-0.2, -0.15) is 5.10 Å². The molecule has 130 valence electrons. The van der Waals surface area contributed by atoms with E-state index in [1.54, 1.807) is 11.0 Å². The summed E-state index contributed by atoms with van der Waals surface area (Å²) < 4.78 is 7.42. The van der Waals surface area contributed by atoms with Crippen LogP contribution in [0.1, 0.15) is 34.6 Å². The molecule has 0 bridgehead atoms. The Balaban J connectivity index is 1.52. The zero-order valence-corrected chi connectivity index (χ0v) is 14.5. The predicted octanol–water partition coefficient (Wildman–Crippen LogP) is 3.81. The van der Waals surface area contributed by atoms with Crippen LogP contribution in [0.5, 0.6) is 0 Å². The summed E-state index contributed by atoms with van der Waals surface area (Å²) in [6, 6.07) is 15.3. The highest BCUT2D eigenvalue weighted by molar-refractivity contribution is 5.99. The minimum absolute atomic E-state index is 0.153. The highest BCUT2D eigenvalue weighted by Gasteiger charge is 2.19. The van der Waals surface area contributed by atoms with E-state index in [-0.39, 0.29) is 11.9 Å². The molecule has 0 aliphatic heterocycles. The molecule has 2 aromatic carbocycles. The molecule has 6 heteroatoms. The van der Waals surface area contributed by atoms with Gasteiger partial charge in [-0.25, -0.2) is 9.67 Å². The summed E-state index contributed by atoms with van der Waals surface area (Å²) in [6.45, 7) is 3.85. The molecule has 0 spiro atoms. The molecule has 0 fully saturated rings. The molecule has 1 N–H and O–H groups in total. The molecular formula is C20H18N4O2. The van der Waals surface area contributed by atoms with Gasteiger partial charge in [-0.05, 0) is 37.6 Å². The van der Waals surface area contributed by atoms with E-state index in [1.165, 1.54) is 6.33 Å². The number of hydrogen-bond donors (Lipinski definition) is 1. The number of rotatable bonds is 4. The molecule has 0 unspecified atom stereocenters. The fraction of sp³-hybridized carbons (Fsp3) is 0.150. The zero-order chi connectivity index (χ0) is 18.1. The normalized spacial score (nSPS) is 12.2. The summed E-state index contributed by atoms with van der Waals surface area (Å²) in [6.07, 6.45) is 3.14.